The number of fused-ring (bicyclic) bond motifs is 1. The zero-order valence-corrected chi connectivity index (χ0v) is 11.1. The van der Waals surface area contributed by atoms with Crippen LogP contribution in [-0.2, 0) is 4.79 Å². The molecule has 16 heavy (non-hydrogen) atoms. The van der Waals surface area contributed by atoms with E-state index in [1.807, 2.05) is 13.8 Å². The lowest BCUT2D eigenvalue weighted by molar-refractivity contribution is -0.128. The molecule has 1 aliphatic heterocycles. The van der Waals surface area contributed by atoms with Gasteiger partial charge < -0.3 is 0 Å². The van der Waals surface area contributed by atoms with Gasteiger partial charge in [0.2, 0.25) is 0 Å². The summed E-state index contributed by atoms with van der Waals surface area (Å²) in [5.41, 5.74) is 0. The molecular weight excluding hydrogens is 198 g/mol. The van der Waals surface area contributed by atoms with Gasteiger partial charge in [0, 0.05) is 18.5 Å². The van der Waals surface area contributed by atoms with Gasteiger partial charge in [-0.15, -0.1) is 0 Å². The summed E-state index contributed by atoms with van der Waals surface area (Å²) in [4.78, 5) is 14.8. The fraction of sp³-hybridized carbons (Fsp3) is 0.929. The molecular formula is C14H25NO. The van der Waals surface area contributed by atoms with Gasteiger partial charge in [0.25, 0.3) is 0 Å². The molecule has 0 bridgehead atoms. The Kier molecular flexibility index (Phi) is 3.39. The summed E-state index contributed by atoms with van der Waals surface area (Å²) in [5, 5.41) is 0. The van der Waals surface area contributed by atoms with Crippen molar-refractivity contribution in [3.63, 3.8) is 0 Å². The van der Waals surface area contributed by atoms with Gasteiger partial charge >= 0.3 is 0 Å². The molecule has 1 unspecified atom stereocenters. The van der Waals surface area contributed by atoms with Crippen LogP contribution < -0.4 is 0 Å². The van der Waals surface area contributed by atoms with Crippen molar-refractivity contribution in [2.24, 2.45) is 17.8 Å². The summed E-state index contributed by atoms with van der Waals surface area (Å²) in [6, 6.07) is 0.741. The van der Waals surface area contributed by atoms with Crippen molar-refractivity contribution in [3.8, 4) is 0 Å². The lowest BCUT2D eigenvalue weighted by atomic mass is 9.87. The van der Waals surface area contributed by atoms with Crippen LogP contribution in [0, 0.1) is 17.8 Å². The van der Waals surface area contributed by atoms with Gasteiger partial charge in [0.15, 0.2) is 5.78 Å². The van der Waals surface area contributed by atoms with Crippen molar-refractivity contribution in [2.75, 3.05) is 6.54 Å². The highest BCUT2D eigenvalue weighted by atomic mass is 16.1. The van der Waals surface area contributed by atoms with Gasteiger partial charge in [0.1, 0.15) is 0 Å². The van der Waals surface area contributed by atoms with Crippen molar-refractivity contribution in [1.29, 1.82) is 0 Å². The lowest BCUT2D eigenvalue weighted by Gasteiger charge is -2.31. The number of Topliss-reactive ketones (excluding diaryl/α,β-unsaturated/α-hetero) is 1. The molecule has 3 atom stereocenters. The third-order valence-electron chi connectivity index (χ3n) is 4.45. The van der Waals surface area contributed by atoms with Gasteiger partial charge in [-0.2, -0.15) is 0 Å². The second kappa shape index (κ2) is 4.48. The summed E-state index contributed by atoms with van der Waals surface area (Å²) in [7, 11) is 0. The summed E-state index contributed by atoms with van der Waals surface area (Å²) in [5.74, 6) is 2.13. The van der Waals surface area contributed by atoms with Crippen LogP contribution in [0.1, 0.15) is 47.0 Å². The Hall–Kier alpha value is -0.370. The molecule has 0 radical (unpaired) electrons. The fourth-order valence-corrected chi connectivity index (χ4v) is 3.59. The molecule has 1 saturated heterocycles. The first-order valence-corrected chi connectivity index (χ1v) is 6.81. The zero-order valence-electron chi connectivity index (χ0n) is 11.1. The minimum atomic E-state index is 0.186. The van der Waals surface area contributed by atoms with Crippen LogP contribution in [0.2, 0.25) is 0 Å². The predicted molar refractivity (Wildman–Crippen MR) is 66.3 cm³/mol. The topological polar surface area (TPSA) is 20.3 Å². The first kappa shape index (κ1) is 12.1. The van der Waals surface area contributed by atoms with Crippen molar-refractivity contribution in [2.45, 2.75) is 59.0 Å². The van der Waals surface area contributed by atoms with Crippen molar-refractivity contribution < 1.29 is 4.79 Å². The first-order valence-electron chi connectivity index (χ1n) is 6.81. The number of nitrogens with zero attached hydrogens (tertiary/aromatic N) is 1. The Balaban J connectivity index is 2.19. The Morgan fingerprint density at radius 1 is 1.19 bits per heavy atom. The molecule has 2 nitrogen and oxygen atoms in total. The lowest BCUT2D eigenvalue weighted by Crippen LogP contribution is -2.45. The monoisotopic (exact) mass is 223 g/mol. The number of ketones is 1. The molecule has 1 heterocycles. The van der Waals surface area contributed by atoms with Crippen LogP contribution in [-0.4, -0.2) is 29.3 Å². The van der Waals surface area contributed by atoms with E-state index in [0.717, 1.165) is 12.5 Å². The highest BCUT2D eigenvalue weighted by Crippen LogP contribution is 2.43. The average molecular weight is 223 g/mol. The van der Waals surface area contributed by atoms with Crippen LogP contribution in [0.15, 0.2) is 0 Å². The molecule has 1 saturated carbocycles. The number of hydrogen-bond donors (Lipinski definition) is 0. The summed E-state index contributed by atoms with van der Waals surface area (Å²) >= 11 is 0. The van der Waals surface area contributed by atoms with Gasteiger partial charge in [-0.1, -0.05) is 20.3 Å². The second-order valence-electron chi connectivity index (χ2n) is 6.15. The molecule has 0 aromatic carbocycles. The van der Waals surface area contributed by atoms with Crippen LogP contribution >= 0.6 is 0 Å². The molecule has 2 aliphatic rings. The molecule has 0 amide bonds. The van der Waals surface area contributed by atoms with Crippen molar-refractivity contribution >= 4 is 5.78 Å². The van der Waals surface area contributed by atoms with Gasteiger partial charge in [-0.05, 0) is 38.5 Å². The van der Waals surface area contributed by atoms with E-state index in [9.17, 15) is 4.79 Å². The summed E-state index contributed by atoms with van der Waals surface area (Å²) < 4.78 is 0. The van der Waals surface area contributed by atoms with Gasteiger partial charge in [-0.3, -0.25) is 9.69 Å². The van der Waals surface area contributed by atoms with E-state index < -0.39 is 0 Å². The van der Waals surface area contributed by atoms with E-state index in [-0.39, 0.29) is 12.0 Å². The number of hydrogen-bond acceptors (Lipinski definition) is 2. The van der Waals surface area contributed by atoms with Crippen LogP contribution in [0.3, 0.4) is 0 Å². The van der Waals surface area contributed by atoms with E-state index in [0.29, 0.717) is 17.7 Å². The summed E-state index contributed by atoms with van der Waals surface area (Å²) in [6.07, 6.45) is 3.95. The van der Waals surface area contributed by atoms with Crippen LogP contribution in [0.25, 0.3) is 0 Å². The van der Waals surface area contributed by atoms with E-state index >= 15 is 0 Å². The number of rotatable bonds is 3. The van der Waals surface area contributed by atoms with Crippen LogP contribution in [0.5, 0.6) is 0 Å². The zero-order chi connectivity index (χ0) is 11.9. The number of carbonyl (C=O) groups is 1. The van der Waals surface area contributed by atoms with E-state index in [2.05, 4.69) is 18.7 Å². The largest absolute Gasteiger partial charge is 0.298 e. The Bertz CT molecular complexity index is 272. The molecule has 2 rings (SSSR count). The molecule has 1 aliphatic carbocycles. The third-order valence-corrected chi connectivity index (χ3v) is 4.45. The fourth-order valence-electron chi connectivity index (χ4n) is 3.59. The van der Waals surface area contributed by atoms with Crippen LogP contribution in [0.4, 0.5) is 0 Å². The maximum absolute atomic E-state index is 12.4. The first-order chi connectivity index (χ1) is 7.52. The maximum Gasteiger partial charge on any atom is 0.152 e. The highest BCUT2D eigenvalue weighted by Gasteiger charge is 2.48. The minimum absolute atomic E-state index is 0.186. The summed E-state index contributed by atoms with van der Waals surface area (Å²) in [6.45, 7) is 9.70. The predicted octanol–water partition coefficient (Wildman–Crippen LogP) is 2.72. The number of likely N-dealkylation sites (tertiary alicyclic amines) is 1. The molecule has 92 valence electrons. The average Bonchev–Trinajstić information content (AvgIpc) is 2.74. The Labute approximate surface area is 99.4 Å². The van der Waals surface area contributed by atoms with E-state index in [4.69, 9.17) is 0 Å². The quantitative estimate of drug-likeness (QED) is 0.733. The molecule has 0 spiro atoms. The minimum Gasteiger partial charge on any atom is -0.298 e. The normalized spacial score (nSPS) is 35.0. The Morgan fingerprint density at radius 3 is 2.44 bits per heavy atom. The SMILES string of the molecule is CC(C)C(=O)C1[C@H]2CCC[C@H]2CN1C(C)C. The highest BCUT2D eigenvalue weighted by molar-refractivity contribution is 5.86. The van der Waals surface area contributed by atoms with Gasteiger partial charge in [0.05, 0.1) is 6.04 Å². The van der Waals surface area contributed by atoms with Gasteiger partial charge in [-0.25, -0.2) is 0 Å². The van der Waals surface area contributed by atoms with Crippen molar-refractivity contribution in [1.82, 2.24) is 4.90 Å². The maximum atomic E-state index is 12.4. The smallest absolute Gasteiger partial charge is 0.152 e. The molecule has 0 aromatic heterocycles. The van der Waals surface area contributed by atoms with E-state index in [1.165, 1.54) is 19.3 Å². The number of carbonyl (C=O) groups excluding carboxylic acids is 1. The van der Waals surface area contributed by atoms with E-state index in [1.54, 1.807) is 0 Å². The Morgan fingerprint density at radius 2 is 1.88 bits per heavy atom. The molecule has 2 heteroatoms. The molecule has 0 aromatic rings. The van der Waals surface area contributed by atoms with Crippen molar-refractivity contribution in [3.05, 3.63) is 0 Å². The standard InChI is InChI=1S/C14H25NO/c1-9(2)14(16)13-12-7-5-6-11(12)8-15(13)10(3)4/h9-13H,5-8H2,1-4H3/t11-,12-,13?/m0/s1. The second-order valence-corrected chi connectivity index (χ2v) is 6.15. The third kappa shape index (κ3) is 1.92. The molecule has 2 fully saturated rings. The molecule has 0 N–H and O–H groups in total.